The Balaban J connectivity index is 5.19. The first kappa shape index (κ1) is 79.1. The van der Waals surface area contributed by atoms with Crippen molar-refractivity contribution in [3.8, 4) is 0 Å². The largest absolute Gasteiger partial charge is 0.472 e. The number of phosphoric acid groups is 2. The van der Waals surface area contributed by atoms with Crippen LogP contribution in [-0.4, -0.2) is 96.7 Å². The first-order chi connectivity index (χ1) is 38.7. The average Bonchev–Trinajstić information content (AvgIpc) is 3.41. The molecule has 0 spiro atoms. The van der Waals surface area contributed by atoms with Crippen LogP contribution in [0.5, 0.6) is 0 Å². The molecular formula is C62H120O17P2. The van der Waals surface area contributed by atoms with Crippen LogP contribution >= 0.6 is 15.6 Å². The van der Waals surface area contributed by atoms with Crippen LogP contribution in [0.3, 0.4) is 0 Å². The van der Waals surface area contributed by atoms with Gasteiger partial charge in [-0.3, -0.25) is 37.3 Å². The average molecular weight is 1200 g/mol. The summed E-state index contributed by atoms with van der Waals surface area (Å²) in [7, 11) is -9.88. The SMILES string of the molecule is CCCCCCCC(=O)OC[C@H](COP(=O)(O)OC[C@H](O)COP(=O)(O)OC[C@@H](COC(=O)CCCCCCCCCCC(C)C)OC(=O)CCCCCCCCCCCCCC(C)C)OC(=O)CCCCCCCCCCC(C)C. The zero-order valence-corrected chi connectivity index (χ0v) is 54.0. The van der Waals surface area contributed by atoms with Gasteiger partial charge in [0, 0.05) is 25.7 Å². The third-order valence-electron chi connectivity index (χ3n) is 14.1. The lowest BCUT2D eigenvalue weighted by atomic mass is 10.0. The van der Waals surface area contributed by atoms with Crippen LogP contribution < -0.4 is 0 Å². The summed E-state index contributed by atoms with van der Waals surface area (Å²) in [6.45, 7) is 11.6. The Bertz CT molecular complexity index is 1610. The molecule has 17 nitrogen and oxygen atoms in total. The molecule has 2 unspecified atom stereocenters. The lowest BCUT2D eigenvalue weighted by Crippen LogP contribution is -2.30. The Kier molecular flexibility index (Phi) is 52.2. The maximum Gasteiger partial charge on any atom is 0.472 e. The summed E-state index contributed by atoms with van der Waals surface area (Å²) in [5.74, 6) is 0.0598. The van der Waals surface area contributed by atoms with Crippen molar-refractivity contribution in [2.75, 3.05) is 39.6 Å². The number of ether oxygens (including phenoxy) is 4. The van der Waals surface area contributed by atoms with Gasteiger partial charge < -0.3 is 33.8 Å². The van der Waals surface area contributed by atoms with Gasteiger partial charge in [0.05, 0.1) is 26.4 Å². The molecule has 0 aromatic carbocycles. The Morgan fingerprint density at radius 3 is 0.840 bits per heavy atom. The van der Waals surface area contributed by atoms with Crippen LogP contribution in [0.1, 0.15) is 299 Å². The number of unbranched alkanes of at least 4 members (excludes halogenated alkanes) is 28. The summed E-state index contributed by atoms with van der Waals surface area (Å²) in [5, 5.41) is 10.5. The minimum absolute atomic E-state index is 0.103. The third kappa shape index (κ3) is 56.9. The van der Waals surface area contributed by atoms with Gasteiger partial charge in [-0.2, -0.15) is 0 Å². The van der Waals surface area contributed by atoms with Gasteiger partial charge in [0.15, 0.2) is 12.2 Å². The number of esters is 4. The second-order valence-electron chi connectivity index (χ2n) is 23.9. The lowest BCUT2D eigenvalue weighted by molar-refractivity contribution is -0.161. The van der Waals surface area contributed by atoms with Gasteiger partial charge in [-0.1, -0.05) is 248 Å². The van der Waals surface area contributed by atoms with Crippen LogP contribution in [0.2, 0.25) is 0 Å². The molecule has 0 aromatic heterocycles. The van der Waals surface area contributed by atoms with Crippen molar-refractivity contribution in [2.24, 2.45) is 17.8 Å². The van der Waals surface area contributed by atoms with E-state index >= 15 is 0 Å². The van der Waals surface area contributed by atoms with Crippen molar-refractivity contribution in [3.05, 3.63) is 0 Å². The van der Waals surface area contributed by atoms with Crippen molar-refractivity contribution in [2.45, 2.75) is 317 Å². The zero-order valence-electron chi connectivity index (χ0n) is 52.2. The minimum Gasteiger partial charge on any atom is -0.462 e. The molecule has 0 radical (unpaired) electrons. The maximum absolute atomic E-state index is 12.9. The second kappa shape index (κ2) is 53.5. The predicted octanol–water partition coefficient (Wildman–Crippen LogP) is 16.7. The van der Waals surface area contributed by atoms with Gasteiger partial charge in [0.25, 0.3) is 0 Å². The molecule has 0 rings (SSSR count). The molecule has 0 bridgehead atoms. The van der Waals surface area contributed by atoms with Gasteiger partial charge in [-0.05, 0) is 43.4 Å². The van der Waals surface area contributed by atoms with Crippen molar-refractivity contribution in [1.29, 1.82) is 0 Å². The van der Waals surface area contributed by atoms with E-state index < -0.39 is 97.5 Å². The topological polar surface area (TPSA) is 237 Å². The highest BCUT2D eigenvalue weighted by Gasteiger charge is 2.30. The molecular weight excluding hydrogens is 1080 g/mol. The Morgan fingerprint density at radius 1 is 0.333 bits per heavy atom. The monoisotopic (exact) mass is 1200 g/mol. The van der Waals surface area contributed by atoms with E-state index in [9.17, 15) is 43.2 Å². The number of aliphatic hydroxyl groups excluding tert-OH is 1. The number of rotatable bonds is 60. The number of carbonyl (C=O) groups is 4. The van der Waals surface area contributed by atoms with Crippen LogP contribution in [-0.2, 0) is 65.4 Å². The maximum atomic E-state index is 12.9. The highest BCUT2D eigenvalue weighted by Crippen LogP contribution is 2.45. The van der Waals surface area contributed by atoms with Crippen molar-refractivity contribution < 1.29 is 80.2 Å². The Morgan fingerprint density at radius 2 is 0.568 bits per heavy atom. The van der Waals surface area contributed by atoms with Crippen molar-refractivity contribution >= 4 is 39.5 Å². The molecule has 0 saturated heterocycles. The molecule has 0 aromatic rings. The van der Waals surface area contributed by atoms with Gasteiger partial charge in [0.2, 0.25) is 0 Å². The van der Waals surface area contributed by atoms with Gasteiger partial charge in [0.1, 0.15) is 19.3 Å². The number of carbonyl (C=O) groups excluding carboxylic acids is 4. The molecule has 0 aliphatic carbocycles. The Labute approximate surface area is 492 Å². The molecule has 480 valence electrons. The number of phosphoric ester groups is 2. The van der Waals surface area contributed by atoms with Crippen LogP contribution in [0, 0.1) is 17.8 Å². The highest BCUT2D eigenvalue weighted by molar-refractivity contribution is 7.47. The third-order valence-corrected chi connectivity index (χ3v) is 16.0. The van der Waals surface area contributed by atoms with E-state index in [0.29, 0.717) is 25.7 Å². The van der Waals surface area contributed by atoms with Crippen molar-refractivity contribution in [1.82, 2.24) is 0 Å². The molecule has 0 aliphatic rings. The summed E-state index contributed by atoms with van der Waals surface area (Å²) in [6, 6.07) is 0. The number of aliphatic hydroxyl groups is 1. The van der Waals surface area contributed by atoms with Gasteiger partial charge >= 0.3 is 39.5 Å². The first-order valence-corrected chi connectivity index (χ1v) is 35.3. The number of hydrogen-bond acceptors (Lipinski definition) is 15. The molecule has 0 heterocycles. The summed E-state index contributed by atoms with van der Waals surface area (Å²) in [5.41, 5.74) is 0. The van der Waals surface area contributed by atoms with E-state index in [2.05, 4.69) is 48.5 Å². The van der Waals surface area contributed by atoms with Crippen molar-refractivity contribution in [3.63, 3.8) is 0 Å². The fraction of sp³-hybridized carbons (Fsp3) is 0.935. The van der Waals surface area contributed by atoms with E-state index in [4.69, 9.17) is 37.0 Å². The molecule has 0 fully saturated rings. The summed E-state index contributed by atoms with van der Waals surface area (Å²) in [6.07, 6.45) is 33.9. The standard InChI is InChI=1S/C62H120O17P2/c1-8-9-10-26-36-43-59(64)72-49-57(78-62(67)46-39-32-25-19-17-22-29-35-42-55(6)7)51-76-80(68,69)74-47-56(63)48-75-81(70,71)77-52-58(50-73-60(65)44-37-30-23-18-16-21-28-34-41-54(4)5)79-61(66)45-38-31-24-15-13-11-12-14-20-27-33-40-53(2)3/h53-58,63H,8-52H2,1-7H3,(H,68,69)(H,70,71)/t56-,57+,58+/m0/s1. The van der Waals surface area contributed by atoms with E-state index in [0.717, 1.165) is 114 Å². The zero-order chi connectivity index (χ0) is 60.3. The van der Waals surface area contributed by atoms with Gasteiger partial charge in [-0.15, -0.1) is 0 Å². The van der Waals surface area contributed by atoms with Gasteiger partial charge in [-0.25, -0.2) is 9.13 Å². The fourth-order valence-electron chi connectivity index (χ4n) is 9.13. The highest BCUT2D eigenvalue weighted by atomic mass is 31.2. The molecule has 5 atom stereocenters. The smallest absolute Gasteiger partial charge is 0.462 e. The Hall–Kier alpha value is -1.94. The quantitative estimate of drug-likeness (QED) is 0.0222. The van der Waals surface area contributed by atoms with E-state index in [1.54, 1.807) is 0 Å². The summed E-state index contributed by atoms with van der Waals surface area (Å²) < 4.78 is 67.7. The number of hydrogen-bond donors (Lipinski definition) is 3. The summed E-state index contributed by atoms with van der Waals surface area (Å²) in [4.78, 5) is 71.9. The molecule has 81 heavy (non-hydrogen) atoms. The van der Waals surface area contributed by atoms with Crippen LogP contribution in [0.4, 0.5) is 0 Å². The molecule has 0 aliphatic heterocycles. The normalized spacial score (nSPS) is 14.4. The van der Waals surface area contributed by atoms with Crippen LogP contribution in [0.25, 0.3) is 0 Å². The lowest BCUT2D eigenvalue weighted by Gasteiger charge is -2.21. The fourth-order valence-corrected chi connectivity index (χ4v) is 10.7. The van der Waals surface area contributed by atoms with E-state index in [1.165, 1.54) is 103 Å². The molecule has 3 N–H and O–H groups in total. The second-order valence-corrected chi connectivity index (χ2v) is 26.8. The molecule has 19 heteroatoms. The molecule has 0 amide bonds. The van der Waals surface area contributed by atoms with Crippen LogP contribution in [0.15, 0.2) is 0 Å². The minimum atomic E-state index is -4.94. The molecule has 0 saturated carbocycles. The predicted molar refractivity (Wildman–Crippen MR) is 321 cm³/mol. The first-order valence-electron chi connectivity index (χ1n) is 32.3. The van der Waals surface area contributed by atoms with E-state index in [-0.39, 0.29) is 25.7 Å². The van der Waals surface area contributed by atoms with E-state index in [1.807, 2.05) is 0 Å². The summed E-state index contributed by atoms with van der Waals surface area (Å²) >= 11 is 0.